The van der Waals surface area contributed by atoms with Gasteiger partial charge in [-0.3, -0.25) is 0 Å². The first-order chi connectivity index (χ1) is 14.7. The molecule has 0 aliphatic heterocycles. The number of aliphatic hydroxyl groups is 1. The van der Waals surface area contributed by atoms with Crippen molar-refractivity contribution in [3.63, 3.8) is 0 Å². The van der Waals surface area contributed by atoms with Crippen molar-refractivity contribution in [3.8, 4) is 17.2 Å². The molecule has 0 heterocycles. The van der Waals surface area contributed by atoms with Gasteiger partial charge in [0, 0.05) is 6.61 Å². The molecule has 3 aromatic carbocycles. The predicted molar refractivity (Wildman–Crippen MR) is 121 cm³/mol. The Bertz CT molecular complexity index is 906. The molecule has 0 bridgehead atoms. The van der Waals surface area contributed by atoms with Gasteiger partial charge in [-0.1, -0.05) is 36.4 Å². The minimum Gasteiger partial charge on any atom is -0.497 e. The van der Waals surface area contributed by atoms with Crippen molar-refractivity contribution in [1.29, 1.82) is 0 Å². The summed E-state index contributed by atoms with van der Waals surface area (Å²) in [6, 6.07) is 24.2. The van der Waals surface area contributed by atoms with E-state index in [9.17, 15) is 5.11 Å². The fourth-order valence-corrected chi connectivity index (χ4v) is 3.49. The van der Waals surface area contributed by atoms with Crippen LogP contribution in [0.5, 0.6) is 17.2 Å². The molecule has 0 aromatic heterocycles. The highest BCUT2D eigenvalue weighted by atomic mass is 16.5. The van der Waals surface area contributed by atoms with E-state index in [-0.39, 0.29) is 6.61 Å². The number of rotatable bonds is 9. The highest BCUT2D eigenvalue weighted by Gasteiger charge is 2.15. The van der Waals surface area contributed by atoms with Crippen molar-refractivity contribution < 1.29 is 19.3 Å². The number of allylic oxidation sites excluding steroid dienone is 1. The van der Waals surface area contributed by atoms with E-state index >= 15 is 0 Å². The summed E-state index contributed by atoms with van der Waals surface area (Å²) in [6.07, 6.45) is 1.42. The van der Waals surface area contributed by atoms with Gasteiger partial charge in [0.05, 0.1) is 21.3 Å². The molecule has 0 aliphatic rings. The second kappa shape index (κ2) is 10.5. The Morgan fingerprint density at radius 2 is 0.967 bits per heavy atom. The molecule has 0 spiro atoms. The van der Waals surface area contributed by atoms with Crippen LogP contribution in [0.25, 0.3) is 11.1 Å². The van der Waals surface area contributed by atoms with E-state index in [4.69, 9.17) is 14.2 Å². The van der Waals surface area contributed by atoms with Crippen LogP contribution in [0.2, 0.25) is 0 Å². The van der Waals surface area contributed by atoms with Gasteiger partial charge in [-0.2, -0.15) is 0 Å². The van der Waals surface area contributed by atoms with Crippen LogP contribution in [0.1, 0.15) is 29.5 Å². The zero-order valence-corrected chi connectivity index (χ0v) is 17.7. The zero-order valence-electron chi connectivity index (χ0n) is 17.7. The summed E-state index contributed by atoms with van der Waals surface area (Å²) in [5, 5.41) is 9.53. The molecule has 0 amide bonds. The summed E-state index contributed by atoms with van der Waals surface area (Å²) >= 11 is 0. The van der Waals surface area contributed by atoms with Crippen molar-refractivity contribution in [3.05, 3.63) is 89.5 Å². The lowest BCUT2D eigenvalue weighted by Gasteiger charge is -2.18. The summed E-state index contributed by atoms with van der Waals surface area (Å²) in [5.41, 5.74) is 5.57. The normalized spacial score (nSPS) is 10.4. The molecule has 4 heteroatoms. The molecule has 0 radical (unpaired) electrons. The van der Waals surface area contributed by atoms with Crippen molar-refractivity contribution in [2.75, 3.05) is 27.9 Å². The van der Waals surface area contributed by atoms with E-state index in [1.165, 1.54) is 5.57 Å². The minimum absolute atomic E-state index is 0.137. The maximum absolute atomic E-state index is 9.53. The number of aliphatic hydroxyl groups excluding tert-OH is 1. The van der Waals surface area contributed by atoms with Gasteiger partial charge >= 0.3 is 0 Å². The maximum atomic E-state index is 9.53. The lowest BCUT2D eigenvalue weighted by molar-refractivity contribution is 0.290. The van der Waals surface area contributed by atoms with Gasteiger partial charge in [-0.25, -0.2) is 0 Å². The van der Waals surface area contributed by atoms with Gasteiger partial charge < -0.3 is 19.3 Å². The zero-order chi connectivity index (χ0) is 21.3. The Labute approximate surface area is 178 Å². The Kier molecular flexibility index (Phi) is 7.52. The average Bonchev–Trinajstić information content (AvgIpc) is 2.82. The molecule has 3 rings (SSSR count). The third-order valence-electron chi connectivity index (χ3n) is 5.08. The van der Waals surface area contributed by atoms with Crippen molar-refractivity contribution in [2.24, 2.45) is 0 Å². The van der Waals surface area contributed by atoms with Crippen LogP contribution in [-0.2, 0) is 0 Å². The van der Waals surface area contributed by atoms with E-state index in [0.29, 0.717) is 6.42 Å². The van der Waals surface area contributed by atoms with Gasteiger partial charge in [0.1, 0.15) is 17.2 Å². The summed E-state index contributed by atoms with van der Waals surface area (Å²) in [4.78, 5) is 0. The largest absolute Gasteiger partial charge is 0.497 e. The van der Waals surface area contributed by atoms with E-state index in [1.54, 1.807) is 21.3 Å². The van der Waals surface area contributed by atoms with Crippen molar-refractivity contribution in [1.82, 2.24) is 0 Å². The molecule has 30 heavy (non-hydrogen) atoms. The van der Waals surface area contributed by atoms with Gasteiger partial charge in [-0.05, 0) is 77.1 Å². The third kappa shape index (κ3) is 5.02. The summed E-state index contributed by atoms with van der Waals surface area (Å²) in [5.74, 6) is 2.44. The second-order valence-electron chi connectivity index (χ2n) is 6.87. The summed E-state index contributed by atoms with van der Waals surface area (Å²) < 4.78 is 16.0. The SMILES string of the molecule is COc1ccc(C(CCCO)=C(c2ccc(OC)cc2)c2ccc(OC)cc2)cc1. The highest BCUT2D eigenvalue weighted by molar-refractivity contribution is 5.98. The van der Waals surface area contributed by atoms with Crippen LogP contribution in [0.3, 0.4) is 0 Å². The highest BCUT2D eigenvalue weighted by Crippen LogP contribution is 2.36. The van der Waals surface area contributed by atoms with E-state index < -0.39 is 0 Å². The minimum atomic E-state index is 0.137. The quantitative estimate of drug-likeness (QED) is 0.482. The van der Waals surface area contributed by atoms with Crippen LogP contribution in [0.4, 0.5) is 0 Å². The Morgan fingerprint density at radius 1 is 0.600 bits per heavy atom. The summed E-state index contributed by atoms with van der Waals surface area (Å²) in [6.45, 7) is 0.137. The second-order valence-corrected chi connectivity index (χ2v) is 6.87. The first-order valence-corrected chi connectivity index (χ1v) is 9.97. The number of hydrogen-bond donors (Lipinski definition) is 1. The fraction of sp³-hybridized carbons (Fsp3) is 0.231. The topological polar surface area (TPSA) is 47.9 Å². The molecule has 1 N–H and O–H groups in total. The molecule has 4 nitrogen and oxygen atoms in total. The number of hydrogen-bond acceptors (Lipinski definition) is 4. The molecule has 156 valence electrons. The molecule has 0 aliphatic carbocycles. The molecular weight excluding hydrogens is 376 g/mol. The van der Waals surface area contributed by atoms with Gasteiger partial charge in [0.25, 0.3) is 0 Å². The Balaban J connectivity index is 2.21. The van der Waals surface area contributed by atoms with E-state index in [1.807, 2.05) is 36.4 Å². The van der Waals surface area contributed by atoms with Crippen LogP contribution in [0.15, 0.2) is 72.8 Å². The van der Waals surface area contributed by atoms with Gasteiger partial charge in [0.15, 0.2) is 0 Å². The average molecular weight is 405 g/mol. The predicted octanol–water partition coefficient (Wildman–Crippen LogP) is 5.44. The molecule has 3 aromatic rings. The molecule has 0 saturated carbocycles. The Hall–Kier alpha value is -3.24. The van der Waals surface area contributed by atoms with Crippen molar-refractivity contribution in [2.45, 2.75) is 12.8 Å². The maximum Gasteiger partial charge on any atom is 0.118 e. The van der Waals surface area contributed by atoms with Crippen molar-refractivity contribution >= 4 is 11.1 Å². The lowest BCUT2D eigenvalue weighted by atomic mass is 9.87. The number of methoxy groups -OCH3 is 3. The molecule has 0 atom stereocenters. The smallest absolute Gasteiger partial charge is 0.118 e. The molecular formula is C26H28O4. The van der Waals surface area contributed by atoms with Gasteiger partial charge in [-0.15, -0.1) is 0 Å². The number of ether oxygens (including phenoxy) is 3. The Morgan fingerprint density at radius 3 is 1.30 bits per heavy atom. The number of benzene rings is 3. The van der Waals surface area contributed by atoms with Crippen LogP contribution < -0.4 is 14.2 Å². The van der Waals surface area contributed by atoms with Crippen LogP contribution in [-0.4, -0.2) is 33.0 Å². The lowest BCUT2D eigenvalue weighted by Crippen LogP contribution is -1.98. The van der Waals surface area contributed by atoms with Crippen LogP contribution >= 0.6 is 0 Å². The monoisotopic (exact) mass is 404 g/mol. The first kappa shape index (κ1) is 21.5. The van der Waals surface area contributed by atoms with E-state index in [2.05, 4.69) is 36.4 Å². The molecule has 0 unspecified atom stereocenters. The molecule has 0 saturated heterocycles. The first-order valence-electron chi connectivity index (χ1n) is 9.97. The van der Waals surface area contributed by atoms with E-state index in [0.717, 1.165) is 45.9 Å². The van der Waals surface area contributed by atoms with Gasteiger partial charge in [0.2, 0.25) is 0 Å². The standard InChI is InChI=1S/C26H28O4/c1-28-22-12-6-19(7-13-22)25(5-4-18-27)26(20-8-14-23(29-2)15-9-20)21-10-16-24(30-3)17-11-21/h6-17,27H,4-5,18H2,1-3H3. The third-order valence-corrected chi connectivity index (χ3v) is 5.08. The summed E-state index contributed by atoms with van der Waals surface area (Å²) in [7, 11) is 5.00. The molecule has 0 fully saturated rings. The fourth-order valence-electron chi connectivity index (χ4n) is 3.49. The van der Waals surface area contributed by atoms with Crippen LogP contribution in [0, 0.1) is 0 Å².